The highest BCUT2D eigenvalue weighted by atomic mass is 16.1. The zero-order valence-electron chi connectivity index (χ0n) is 7.68. The molecule has 0 aromatic carbocycles. The van der Waals surface area contributed by atoms with Gasteiger partial charge in [0.15, 0.2) is 0 Å². The van der Waals surface area contributed by atoms with Crippen LogP contribution in [0.2, 0.25) is 0 Å². The molecule has 0 saturated heterocycles. The third kappa shape index (κ3) is 3.22. The van der Waals surface area contributed by atoms with Gasteiger partial charge in [-0.15, -0.1) is 0 Å². The van der Waals surface area contributed by atoms with E-state index >= 15 is 0 Å². The maximum absolute atomic E-state index is 10.6. The summed E-state index contributed by atoms with van der Waals surface area (Å²) in [4.78, 5) is 10.6. The Labute approximate surface area is 73.7 Å². The first-order valence-corrected chi connectivity index (χ1v) is 4.73. The highest BCUT2D eigenvalue weighted by molar-refractivity contribution is 5.74. The molecule has 0 spiro atoms. The van der Waals surface area contributed by atoms with Gasteiger partial charge in [0, 0.05) is 18.5 Å². The van der Waals surface area contributed by atoms with Gasteiger partial charge in [0.05, 0.1) is 0 Å². The second kappa shape index (κ2) is 4.45. The molecule has 3 nitrogen and oxygen atoms in total. The minimum absolute atomic E-state index is 0.215. The fourth-order valence-electron chi connectivity index (χ4n) is 1.86. The van der Waals surface area contributed by atoms with Crippen molar-refractivity contribution in [1.82, 2.24) is 5.32 Å². The average Bonchev–Trinajstić information content (AvgIpc) is 2.37. The summed E-state index contributed by atoms with van der Waals surface area (Å²) >= 11 is 0. The third-order valence-electron chi connectivity index (χ3n) is 2.38. The molecule has 0 aliphatic heterocycles. The van der Waals surface area contributed by atoms with Crippen LogP contribution >= 0.6 is 0 Å². The quantitative estimate of drug-likeness (QED) is 0.655. The number of nitrogens with one attached hydrogen (secondary N) is 1. The SMILES string of the molecule is CC(CC(N)=O)NC1CCCC1. The lowest BCUT2D eigenvalue weighted by molar-refractivity contribution is -0.118. The van der Waals surface area contributed by atoms with E-state index in [0.717, 1.165) is 0 Å². The summed E-state index contributed by atoms with van der Waals surface area (Å²) in [5.74, 6) is -0.215. The van der Waals surface area contributed by atoms with E-state index in [1.807, 2.05) is 6.92 Å². The van der Waals surface area contributed by atoms with Gasteiger partial charge in [-0.3, -0.25) is 4.79 Å². The van der Waals surface area contributed by atoms with Crippen LogP contribution in [0.5, 0.6) is 0 Å². The van der Waals surface area contributed by atoms with E-state index in [9.17, 15) is 4.79 Å². The summed E-state index contributed by atoms with van der Waals surface area (Å²) in [6.45, 7) is 2.02. The number of hydrogen-bond acceptors (Lipinski definition) is 2. The molecular weight excluding hydrogens is 152 g/mol. The van der Waals surface area contributed by atoms with Crippen molar-refractivity contribution in [2.45, 2.75) is 51.1 Å². The number of rotatable bonds is 4. The highest BCUT2D eigenvalue weighted by Gasteiger charge is 2.17. The van der Waals surface area contributed by atoms with Crippen molar-refractivity contribution in [2.75, 3.05) is 0 Å². The van der Waals surface area contributed by atoms with E-state index in [1.165, 1.54) is 25.7 Å². The average molecular weight is 170 g/mol. The normalized spacial score (nSPS) is 21.1. The van der Waals surface area contributed by atoms with Crippen LogP contribution in [0.3, 0.4) is 0 Å². The molecule has 0 aromatic heterocycles. The van der Waals surface area contributed by atoms with Gasteiger partial charge in [-0.1, -0.05) is 12.8 Å². The molecule has 0 aromatic rings. The monoisotopic (exact) mass is 170 g/mol. The zero-order valence-corrected chi connectivity index (χ0v) is 7.68. The van der Waals surface area contributed by atoms with Crippen LogP contribution in [0.25, 0.3) is 0 Å². The van der Waals surface area contributed by atoms with E-state index in [-0.39, 0.29) is 11.9 Å². The van der Waals surface area contributed by atoms with Crippen molar-refractivity contribution in [2.24, 2.45) is 5.73 Å². The molecule has 0 bridgehead atoms. The standard InChI is InChI=1S/C9H18N2O/c1-7(6-9(10)12)11-8-4-2-3-5-8/h7-8,11H,2-6H2,1H3,(H2,10,12). The van der Waals surface area contributed by atoms with Crippen LogP contribution in [0, 0.1) is 0 Å². The van der Waals surface area contributed by atoms with E-state index in [4.69, 9.17) is 5.73 Å². The Morgan fingerprint density at radius 3 is 2.67 bits per heavy atom. The third-order valence-corrected chi connectivity index (χ3v) is 2.38. The highest BCUT2D eigenvalue weighted by Crippen LogP contribution is 2.18. The number of amides is 1. The second-order valence-corrected chi connectivity index (χ2v) is 3.72. The Bertz CT molecular complexity index is 153. The molecule has 1 rings (SSSR count). The molecule has 70 valence electrons. The molecule has 3 N–H and O–H groups in total. The number of carbonyl (C=O) groups excluding carboxylic acids is 1. The maximum Gasteiger partial charge on any atom is 0.218 e. The largest absolute Gasteiger partial charge is 0.370 e. The smallest absolute Gasteiger partial charge is 0.218 e. The number of hydrogen-bond donors (Lipinski definition) is 2. The fourth-order valence-corrected chi connectivity index (χ4v) is 1.86. The molecule has 1 atom stereocenters. The summed E-state index contributed by atoms with van der Waals surface area (Å²) in [7, 11) is 0. The Morgan fingerprint density at radius 1 is 1.58 bits per heavy atom. The summed E-state index contributed by atoms with van der Waals surface area (Å²) in [5.41, 5.74) is 5.09. The topological polar surface area (TPSA) is 55.1 Å². The molecule has 0 radical (unpaired) electrons. The van der Waals surface area contributed by atoms with Gasteiger partial charge in [0.1, 0.15) is 0 Å². The molecule has 1 fully saturated rings. The molecular formula is C9H18N2O. The van der Waals surface area contributed by atoms with Crippen molar-refractivity contribution in [3.05, 3.63) is 0 Å². The predicted octanol–water partition coefficient (Wildman–Crippen LogP) is 0.782. The van der Waals surface area contributed by atoms with Gasteiger partial charge in [0.2, 0.25) is 5.91 Å². The summed E-state index contributed by atoms with van der Waals surface area (Å²) in [6.07, 6.45) is 5.60. The van der Waals surface area contributed by atoms with E-state index < -0.39 is 0 Å². The fraction of sp³-hybridized carbons (Fsp3) is 0.889. The minimum atomic E-state index is -0.215. The minimum Gasteiger partial charge on any atom is -0.370 e. The van der Waals surface area contributed by atoms with E-state index in [0.29, 0.717) is 12.5 Å². The summed E-state index contributed by atoms with van der Waals surface area (Å²) < 4.78 is 0. The Balaban J connectivity index is 2.16. The van der Waals surface area contributed by atoms with Gasteiger partial charge in [0.25, 0.3) is 0 Å². The number of nitrogens with two attached hydrogens (primary N) is 1. The van der Waals surface area contributed by atoms with Gasteiger partial charge in [-0.25, -0.2) is 0 Å². The van der Waals surface area contributed by atoms with Crippen molar-refractivity contribution in [1.29, 1.82) is 0 Å². The number of carbonyl (C=O) groups is 1. The van der Waals surface area contributed by atoms with Crippen molar-refractivity contribution in [3.8, 4) is 0 Å². The first kappa shape index (κ1) is 9.52. The summed E-state index contributed by atoms with van der Waals surface area (Å²) in [5, 5.41) is 3.41. The molecule has 12 heavy (non-hydrogen) atoms. The van der Waals surface area contributed by atoms with Crippen LogP contribution in [-0.4, -0.2) is 18.0 Å². The van der Waals surface area contributed by atoms with Crippen molar-refractivity contribution in [3.63, 3.8) is 0 Å². The Kier molecular flexibility index (Phi) is 3.53. The van der Waals surface area contributed by atoms with Gasteiger partial charge < -0.3 is 11.1 Å². The Hall–Kier alpha value is -0.570. The van der Waals surface area contributed by atoms with Crippen LogP contribution in [-0.2, 0) is 4.79 Å². The van der Waals surface area contributed by atoms with E-state index in [2.05, 4.69) is 5.32 Å². The lowest BCUT2D eigenvalue weighted by atomic mass is 10.1. The molecule has 1 saturated carbocycles. The van der Waals surface area contributed by atoms with Crippen LogP contribution < -0.4 is 11.1 Å². The van der Waals surface area contributed by atoms with Crippen LogP contribution in [0.15, 0.2) is 0 Å². The van der Waals surface area contributed by atoms with E-state index in [1.54, 1.807) is 0 Å². The zero-order chi connectivity index (χ0) is 8.97. The first-order valence-electron chi connectivity index (χ1n) is 4.73. The maximum atomic E-state index is 10.6. The lowest BCUT2D eigenvalue weighted by Gasteiger charge is -2.17. The van der Waals surface area contributed by atoms with Gasteiger partial charge in [-0.05, 0) is 19.8 Å². The Morgan fingerprint density at radius 2 is 2.17 bits per heavy atom. The molecule has 0 heterocycles. The molecule has 1 unspecified atom stereocenters. The number of primary amides is 1. The molecule has 1 aliphatic rings. The first-order chi connectivity index (χ1) is 5.68. The van der Waals surface area contributed by atoms with Crippen molar-refractivity contribution < 1.29 is 4.79 Å². The molecule has 1 amide bonds. The predicted molar refractivity (Wildman–Crippen MR) is 48.7 cm³/mol. The lowest BCUT2D eigenvalue weighted by Crippen LogP contribution is -2.37. The van der Waals surface area contributed by atoms with Crippen molar-refractivity contribution >= 4 is 5.91 Å². The van der Waals surface area contributed by atoms with Crippen LogP contribution in [0.1, 0.15) is 39.0 Å². The molecule has 3 heteroatoms. The second-order valence-electron chi connectivity index (χ2n) is 3.72. The van der Waals surface area contributed by atoms with Crippen LogP contribution in [0.4, 0.5) is 0 Å². The van der Waals surface area contributed by atoms with Gasteiger partial charge in [-0.2, -0.15) is 0 Å². The van der Waals surface area contributed by atoms with Gasteiger partial charge >= 0.3 is 0 Å². The summed E-state index contributed by atoms with van der Waals surface area (Å²) in [6, 6.07) is 0.866. The molecule has 1 aliphatic carbocycles.